The molecule has 3 nitrogen and oxygen atoms in total. The molecule has 0 atom stereocenters. The van der Waals surface area contributed by atoms with Crippen LogP contribution >= 0.6 is 0 Å². The summed E-state index contributed by atoms with van der Waals surface area (Å²) in [6, 6.07) is 2.38. The van der Waals surface area contributed by atoms with E-state index in [2.05, 4.69) is 9.72 Å². The summed E-state index contributed by atoms with van der Waals surface area (Å²) in [5, 5.41) is 8.29. The lowest BCUT2D eigenvalue weighted by atomic mass is 10.2. The van der Waals surface area contributed by atoms with E-state index in [4.69, 9.17) is 5.26 Å². The van der Waals surface area contributed by atoms with Gasteiger partial charge in [0.25, 0.3) is 0 Å². The molecule has 0 aliphatic heterocycles. The van der Waals surface area contributed by atoms with Gasteiger partial charge in [0.15, 0.2) is 0 Å². The molecule has 80 valence electrons. The second-order valence-electron chi connectivity index (χ2n) is 2.46. The topological polar surface area (TPSA) is 45.9 Å². The molecule has 0 aliphatic carbocycles. The van der Waals surface area contributed by atoms with Gasteiger partial charge in [-0.2, -0.15) is 5.26 Å². The van der Waals surface area contributed by atoms with Crippen molar-refractivity contribution in [1.29, 1.82) is 5.26 Å². The first kappa shape index (κ1) is 11.2. The Labute approximate surface area is 81.9 Å². The molecular weight excluding hydrogens is 216 g/mol. The van der Waals surface area contributed by atoms with Gasteiger partial charge in [-0.15, -0.1) is 13.2 Å². The predicted octanol–water partition coefficient (Wildman–Crippen LogP) is 2.19. The first-order chi connectivity index (χ1) is 6.94. The average Bonchev–Trinajstić information content (AvgIpc) is 2.08. The Morgan fingerprint density at radius 3 is 2.67 bits per heavy atom. The van der Waals surface area contributed by atoms with Crippen LogP contribution in [-0.4, -0.2) is 11.3 Å². The summed E-state index contributed by atoms with van der Waals surface area (Å²) in [6.45, 7) is 0. The lowest BCUT2D eigenvalue weighted by Crippen LogP contribution is -2.19. The van der Waals surface area contributed by atoms with Crippen LogP contribution in [0.5, 0.6) is 5.88 Å². The maximum absolute atomic E-state index is 13.0. The zero-order valence-electron chi connectivity index (χ0n) is 7.18. The van der Waals surface area contributed by atoms with Gasteiger partial charge in [0.2, 0.25) is 5.88 Å². The standard InChI is InChI=1S/C8H4F4N2O/c9-6-2-4-14-7(5(6)1-3-13)15-8(10,11)12/h2,4H,1H2. The van der Waals surface area contributed by atoms with Gasteiger partial charge in [0, 0.05) is 6.20 Å². The SMILES string of the molecule is N#CCc1c(F)ccnc1OC(F)(F)F. The molecule has 0 radical (unpaired) electrons. The Morgan fingerprint density at radius 1 is 1.47 bits per heavy atom. The van der Waals surface area contributed by atoms with Crippen molar-refractivity contribution < 1.29 is 22.3 Å². The third-order valence-electron chi connectivity index (χ3n) is 1.43. The van der Waals surface area contributed by atoms with E-state index in [1.54, 1.807) is 0 Å². The summed E-state index contributed by atoms with van der Waals surface area (Å²) in [5.74, 6) is -1.88. The number of alkyl halides is 3. The molecule has 0 bridgehead atoms. The molecule has 0 saturated heterocycles. The summed E-state index contributed by atoms with van der Waals surface area (Å²) < 4.78 is 51.9. The number of ether oxygens (including phenoxy) is 1. The van der Waals surface area contributed by atoms with E-state index in [0.717, 1.165) is 12.3 Å². The normalized spacial score (nSPS) is 10.9. The Kier molecular flexibility index (Phi) is 3.09. The molecule has 7 heteroatoms. The van der Waals surface area contributed by atoms with Crippen LogP contribution < -0.4 is 4.74 Å². The Morgan fingerprint density at radius 2 is 2.13 bits per heavy atom. The number of hydrogen-bond acceptors (Lipinski definition) is 3. The minimum absolute atomic E-state index is 0.502. The van der Waals surface area contributed by atoms with Gasteiger partial charge in [0.1, 0.15) is 5.82 Å². The third kappa shape index (κ3) is 3.09. The summed E-state index contributed by atoms with van der Waals surface area (Å²) in [7, 11) is 0. The fourth-order valence-electron chi connectivity index (χ4n) is 0.888. The zero-order valence-corrected chi connectivity index (χ0v) is 7.18. The molecular formula is C8H4F4N2O. The van der Waals surface area contributed by atoms with Crippen molar-refractivity contribution in [1.82, 2.24) is 4.98 Å². The van der Waals surface area contributed by atoms with E-state index >= 15 is 0 Å². The molecule has 1 aromatic rings. The maximum atomic E-state index is 13.0. The molecule has 0 spiro atoms. The number of pyridine rings is 1. The first-order valence-corrected chi connectivity index (χ1v) is 3.70. The largest absolute Gasteiger partial charge is 0.574 e. The molecule has 0 N–H and O–H groups in total. The highest BCUT2D eigenvalue weighted by atomic mass is 19.4. The fraction of sp³-hybridized carbons (Fsp3) is 0.250. The summed E-state index contributed by atoms with van der Waals surface area (Å²) >= 11 is 0. The highest BCUT2D eigenvalue weighted by Crippen LogP contribution is 2.25. The van der Waals surface area contributed by atoms with Gasteiger partial charge in [-0.05, 0) is 6.07 Å². The number of halogens is 4. The number of rotatable bonds is 2. The van der Waals surface area contributed by atoms with Crippen molar-refractivity contribution in [3.05, 3.63) is 23.6 Å². The van der Waals surface area contributed by atoms with Crippen LogP contribution in [0.2, 0.25) is 0 Å². The highest BCUT2D eigenvalue weighted by molar-refractivity contribution is 5.29. The van der Waals surface area contributed by atoms with Crippen molar-refractivity contribution in [3.63, 3.8) is 0 Å². The van der Waals surface area contributed by atoms with Crippen LogP contribution in [0.4, 0.5) is 17.6 Å². The van der Waals surface area contributed by atoms with E-state index in [1.807, 2.05) is 0 Å². The van der Waals surface area contributed by atoms with Crippen LogP contribution in [0.15, 0.2) is 12.3 Å². The van der Waals surface area contributed by atoms with Crippen molar-refractivity contribution in [3.8, 4) is 11.9 Å². The second kappa shape index (κ2) is 4.13. The van der Waals surface area contributed by atoms with E-state index in [1.165, 1.54) is 6.07 Å². The van der Waals surface area contributed by atoms with E-state index in [0.29, 0.717) is 0 Å². The minimum Gasteiger partial charge on any atom is -0.387 e. The van der Waals surface area contributed by atoms with Crippen LogP contribution in [0.1, 0.15) is 5.56 Å². The number of hydrogen-bond donors (Lipinski definition) is 0. The van der Waals surface area contributed by atoms with Crippen molar-refractivity contribution in [2.75, 3.05) is 0 Å². The predicted molar refractivity (Wildman–Crippen MR) is 40.2 cm³/mol. The van der Waals surface area contributed by atoms with Crippen molar-refractivity contribution in [2.24, 2.45) is 0 Å². The van der Waals surface area contributed by atoms with Crippen molar-refractivity contribution >= 4 is 0 Å². The summed E-state index contributed by atoms with van der Waals surface area (Å²) in [5.41, 5.74) is -0.502. The van der Waals surface area contributed by atoms with Gasteiger partial charge in [-0.1, -0.05) is 0 Å². The maximum Gasteiger partial charge on any atom is 0.574 e. The first-order valence-electron chi connectivity index (χ1n) is 3.70. The molecule has 0 fully saturated rings. The second-order valence-corrected chi connectivity index (χ2v) is 2.46. The van der Waals surface area contributed by atoms with Crippen LogP contribution in [0.3, 0.4) is 0 Å². The van der Waals surface area contributed by atoms with E-state index < -0.39 is 30.0 Å². The van der Waals surface area contributed by atoms with Gasteiger partial charge in [-0.3, -0.25) is 0 Å². The number of nitrogens with zero attached hydrogens (tertiary/aromatic N) is 2. The summed E-state index contributed by atoms with van der Waals surface area (Å²) in [6.07, 6.45) is -4.66. The molecule has 0 aromatic carbocycles. The average molecular weight is 220 g/mol. The lowest BCUT2D eigenvalue weighted by molar-refractivity contribution is -0.276. The Bertz CT molecular complexity index is 397. The van der Waals surface area contributed by atoms with Crippen LogP contribution in [0, 0.1) is 17.1 Å². The van der Waals surface area contributed by atoms with Crippen LogP contribution in [-0.2, 0) is 6.42 Å². The van der Waals surface area contributed by atoms with Crippen LogP contribution in [0.25, 0.3) is 0 Å². The fourth-order valence-corrected chi connectivity index (χ4v) is 0.888. The number of aromatic nitrogens is 1. The molecule has 15 heavy (non-hydrogen) atoms. The van der Waals surface area contributed by atoms with E-state index in [-0.39, 0.29) is 0 Å². The van der Waals surface area contributed by atoms with E-state index in [9.17, 15) is 17.6 Å². The highest BCUT2D eigenvalue weighted by Gasteiger charge is 2.33. The van der Waals surface area contributed by atoms with Gasteiger partial charge < -0.3 is 4.74 Å². The van der Waals surface area contributed by atoms with Gasteiger partial charge in [-0.25, -0.2) is 9.37 Å². The lowest BCUT2D eigenvalue weighted by Gasteiger charge is -2.10. The van der Waals surface area contributed by atoms with Gasteiger partial charge >= 0.3 is 6.36 Å². The molecule has 1 heterocycles. The Hall–Kier alpha value is -1.84. The zero-order chi connectivity index (χ0) is 11.5. The molecule has 1 rings (SSSR count). The molecule has 0 aliphatic rings. The quantitative estimate of drug-likeness (QED) is 0.717. The third-order valence-corrected chi connectivity index (χ3v) is 1.43. The number of nitriles is 1. The molecule has 1 aromatic heterocycles. The van der Waals surface area contributed by atoms with Crippen molar-refractivity contribution in [2.45, 2.75) is 12.8 Å². The molecule has 0 amide bonds. The molecule has 0 unspecified atom stereocenters. The summed E-state index contributed by atoms with van der Waals surface area (Å²) in [4.78, 5) is 3.21. The minimum atomic E-state index is -4.95. The monoisotopic (exact) mass is 220 g/mol. The Balaban J connectivity index is 3.07. The molecule has 0 saturated carbocycles. The smallest absolute Gasteiger partial charge is 0.387 e. The van der Waals surface area contributed by atoms with Gasteiger partial charge in [0.05, 0.1) is 18.1 Å².